The van der Waals surface area contributed by atoms with Crippen LogP contribution in [0.5, 0.6) is 0 Å². The Morgan fingerprint density at radius 1 is 1.26 bits per heavy atom. The third-order valence-corrected chi connectivity index (χ3v) is 4.26. The molecule has 1 unspecified atom stereocenters. The number of amides is 1. The molecule has 3 aromatic rings. The largest absolute Gasteiger partial charge is 0.416 e. The van der Waals surface area contributed by atoms with Crippen molar-refractivity contribution in [3.63, 3.8) is 0 Å². The van der Waals surface area contributed by atoms with E-state index in [4.69, 9.17) is 0 Å². The Bertz CT molecular complexity index is 950. The standard InChI is InChI=1S/C17H15BrF3N5O/c1-11(26-9-14(18)6-23-26)16(27)24-15-7-22-25(10-15)8-12-3-2-4-13(5-12)17(19,20)21/h2-7,9-11H,8H2,1H3,(H,24,27). The highest BCUT2D eigenvalue weighted by Crippen LogP contribution is 2.29. The molecule has 0 spiro atoms. The Labute approximate surface area is 161 Å². The quantitative estimate of drug-likeness (QED) is 0.647. The van der Waals surface area contributed by atoms with Crippen molar-refractivity contribution in [2.45, 2.75) is 25.7 Å². The lowest BCUT2D eigenvalue weighted by molar-refractivity contribution is -0.137. The van der Waals surface area contributed by atoms with Gasteiger partial charge in [-0.3, -0.25) is 14.2 Å². The molecule has 1 amide bonds. The Hall–Kier alpha value is -2.62. The number of alkyl halides is 3. The molecule has 0 radical (unpaired) electrons. The van der Waals surface area contributed by atoms with Gasteiger partial charge in [-0.1, -0.05) is 12.1 Å². The lowest BCUT2D eigenvalue weighted by atomic mass is 10.1. The number of nitrogens with zero attached hydrogens (tertiary/aromatic N) is 4. The molecule has 0 fully saturated rings. The molecule has 1 aromatic carbocycles. The Balaban J connectivity index is 1.66. The van der Waals surface area contributed by atoms with Gasteiger partial charge in [-0.25, -0.2) is 0 Å². The smallest absolute Gasteiger partial charge is 0.322 e. The fourth-order valence-electron chi connectivity index (χ4n) is 2.44. The molecule has 27 heavy (non-hydrogen) atoms. The van der Waals surface area contributed by atoms with Crippen molar-refractivity contribution in [2.24, 2.45) is 0 Å². The summed E-state index contributed by atoms with van der Waals surface area (Å²) in [7, 11) is 0. The van der Waals surface area contributed by atoms with Crippen LogP contribution in [-0.2, 0) is 17.5 Å². The van der Waals surface area contributed by atoms with Gasteiger partial charge in [-0.15, -0.1) is 0 Å². The zero-order chi connectivity index (χ0) is 19.6. The predicted molar refractivity (Wildman–Crippen MR) is 96.0 cm³/mol. The summed E-state index contributed by atoms with van der Waals surface area (Å²) >= 11 is 3.27. The average Bonchev–Trinajstić information content (AvgIpc) is 3.22. The van der Waals surface area contributed by atoms with E-state index in [2.05, 4.69) is 31.4 Å². The number of halogens is 4. The van der Waals surface area contributed by atoms with Crippen molar-refractivity contribution in [3.8, 4) is 0 Å². The minimum absolute atomic E-state index is 0.154. The fraction of sp³-hybridized carbons (Fsp3) is 0.235. The molecule has 0 bridgehead atoms. The number of rotatable bonds is 5. The summed E-state index contributed by atoms with van der Waals surface area (Å²) in [5.41, 5.74) is 0.200. The van der Waals surface area contributed by atoms with Gasteiger partial charge in [0, 0.05) is 12.4 Å². The molecule has 1 atom stereocenters. The molecular formula is C17H15BrF3N5O. The van der Waals surface area contributed by atoms with Crippen LogP contribution in [0.3, 0.4) is 0 Å². The number of aromatic nitrogens is 4. The fourth-order valence-corrected chi connectivity index (χ4v) is 2.74. The van der Waals surface area contributed by atoms with Gasteiger partial charge in [0.2, 0.25) is 5.91 Å². The third-order valence-electron chi connectivity index (χ3n) is 3.85. The Morgan fingerprint density at radius 2 is 2.04 bits per heavy atom. The zero-order valence-corrected chi connectivity index (χ0v) is 15.7. The minimum atomic E-state index is -4.39. The van der Waals surface area contributed by atoms with E-state index in [-0.39, 0.29) is 12.5 Å². The number of hydrogen-bond acceptors (Lipinski definition) is 3. The van der Waals surface area contributed by atoms with Crippen molar-refractivity contribution < 1.29 is 18.0 Å². The maximum Gasteiger partial charge on any atom is 0.416 e. The molecule has 2 heterocycles. The zero-order valence-electron chi connectivity index (χ0n) is 14.1. The number of carbonyl (C=O) groups excluding carboxylic acids is 1. The summed E-state index contributed by atoms with van der Waals surface area (Å²) in [6.45, 7) is 1.85. The number of hydrogen-bond donors (Lipinski definition) is 1. The first-order valence-electron chi connectivity index (χ1n) is 7.91. The summed E-state index contributed by atoms with van der Waals surface area (Å²) < 4.78 is 42.1. The van der Waals surface area contributed by atoms with Gasteiger partial charge in [0.05, 0.1) is 34.7 Å². The second kappa shape index (κ2) is 7.55. The molecule has 2 aromatic heterocycles. The van der Waals surface area contributed by atoms with Crippen LogP contribution in [0.2, 0.25) is 0 Å². The monoisotopic (exact) mass is 441 g/mol. The maximum absolute atomic E-state index is 12.8. The van der Waals surface area contributed by atoms with Crippen LogP contribution in [0.1, 0.15) is 24.1 Å². The number of carbonyl (C=O) groups is 1. The molecule has 6 nitrogen and oxygen atoms in total. The molecule has 1 N–H and O–H groups in total. The van der Waals surface area contributed by atoms with Gasteiger partial charge in [-0.05, 0) is 40.5 Å². The van der Waals surface area contributed by atoms with Crippen LogP contribution >= 0.6 is 15.9 Å². The normalized spacial score (nSPS) is 12.8. The van der Waals surface area contributed by atoms with E-state index in [1.165, 1.54) is 21.6 Å². The molecule has 0 saturated heterocycles. The van der Waals surface area contributed by atoms with Crippen molar-refractivity contribution in [1.82, 2.24) is 19.6 Å². The van der Waals surface area contributed by atoms with Crippen molar-refractivity contribution in [2.75, 3.05) is 5.32 Å². The highest BCUT2D eigenvalue weighted by molar-refractivity contribution is 9.10. The second-order valence-corrected chi connectivity index (χ2v) is 6.84. The SMILES string of the molecule is CC(C(=O)Nc1cnn(Cc2cccc(C(F)(F)F)c2)c1)n1cc(Br)cn1. The first-order valence-corrected chi connectivity index (χ1v) is 8.71. The van der Waals surface area contributed by atoms with E-state index < -0.39 is 17.8 Å². The first-order chi connectivity index (χ1) is 12.7. The Morgan fingerprint density at radius 3 is 2.70 bits per heavy atom. The van der Waals surface area contributed by atoms with Crippen LogP contribution in [-0.4, -0.2) is 25.5 Å². The van der Waals surface area contributed by atoms with E-state index in [0.717, 1.165) is 16.6 Å². The summed E-state index contributed by atoms with van der Waals surface area (Å²) in [6.07, 6.45) is 1.87. The van der Waals surface area contributed by atoms with Gasteiger partial charge in [0.25, 0.3) is 0 Å². The van der Waals surface area contributed by atoms with Crippen molar-refractivity contribution >= 4 is 27.5 Å². The van der Waals surface area contributed by atoms with Crippen LogP contribution in [0.25, 0.3) is 0 Å². The third kappa shape index (κ3) is 4.76. The summed E-state index contributed by atoms with van der Waals surface area (Å²) in [6, 6.07) is 4.51. The van der Waals surface area contributed by atoms with Gasteiger partial charge >= 0.3 is 6.18 Å². The van der Waals surface area contributed by atoms with Gasteiger partial charge in [-0.2, -0.15) is 23.4 Å². The lowest BCUT2D eigenvalue weighted by Gasteiger charge is -2.11. The summed E-state index contributed by atoms with van der Waals surface area (Å²) in [4.78, 5) is 12.3. The van der Waals surface area contributed by atoms with Gasteiger partial charge in [0.15, 0.2) is 0 Å². The molecule has 0 aliphatic heterocycles. The van der Waals surface area contributed by atoms with E-state index in [1.54, 1.807) is 31.6 Å². The van der Waals surface area contributed by atoms with Gasteiger partial charge < -0.3 is 5.32 Å². The van der Waals surface area contributed by atoms with Crippen molar-refractivity contribution in [1.29, 1.82) is 0 Å². The molecule has 142 valence electrons. The highest BCUT2D eigenvalue weighted by atomic mass is 79.9. The molecule has 0 saturated carbocycles. The predicted octanol–water partition coefficient (Wildman–Crippen LogP) is 4.11. The molecule has 0 aliphatic rings. The van der Waals surface area contributed by atoms with Crippen LogP contribution in [0.15, 0.2) is 53.5 Å². The first kappa shape index (κ1) is 19.2. The van der Waals surface area contributed by atoms with Crippen LogP contribution in [0, 0.1) is 0 Å². The minimum Gasteiger partial charge on any atom is -0.322 e. The highest BCUT2D eigenvalue weighted by Gasteiger charge is 2.30. The van der Waals surface area contributed by atoms with E-state index >= 15 is 0 Å². The van der Waals surface area contributed by atoms with Crippen LogP contribution in [0.4, 0.5) is 18.9 Å². The lowest BCUT2D eigenvalue weighted by Crippen LogP contribution is -2.23. The molecule has 3 rings (SSSR count). The van der Waals surface area contributed by atoms with Crippen molar-refractivity contribution in [3.05, 3.63) is 64.7 Å². The van der Waals surface area contributed by atoms with E-state index in [1.807, 2.05) is 0 Å². The van der Waals surface area contributed by atoms with Gasteiger partial charge in [0.1, 0.15) is 6.04 Å². The second-order valence-electron chi connectivity index (χ2n) is 5.93. The number of benzene rings is 1. The maximum atomic E-state index is 12.8. The van der Waals surface area contributed by atoms with Crippen LogP contribution < -0.4 is 5.32 Å². The molecule has 0 aliphatic carbocycles. The number of nitrogens with one attached hydrogen (secondary N) is 1. The van der Waals surface area contributed by atoms with E-state index in [9.17, 15) is 18.0 Å². The molecule has 10 heteroatoms. The average molecular weight is 442 g/mol. The summed E-state index contributed by atoms with van der Waals surface area (Å²) in [5, 5.41) is 10.9. The molecular weight excluding hydrogens is 427 g/mol. The topological polar surface area (TPSA) is 64.7 Å². The Kier molecular flexibility index (Phi) is 5.36. The summed E-state index contributed by atoms with van der Waals surface area (Å²) in [5.74, 6) is -0.288. The number of anilines is 1. The van der Waals surface area contributed by atoms with E-state index in [0.29, 0.717) is 11.3 Å².